The van der Waals surface area contributed by atoms with Crippen molar-refractivity contribution in [3.63, 3.8) is 0 Å². The fraction of sp³-hybridized carbons (Fsp3) is 0.364. The number of nitrogens with zero attached hydrogens (tertiary/aromatic N) is 1. The van der Waals surface area contributed by atoms with Crippen LogP contribution >= 0.6 is 0 Å². The molecule has 1 saturated heterocycles. The molecule has 0 aliphatic carbocycles. The number of carbonyl (C=O) groups excluding carboxylic acids is 2. The van der Waals surface area contributed by atoms with Gasteiger partial charge in [-0.15, -0.1) is 0 Å². The van der Waals surface area contributed by atoms with Gasteiger partial charge in [-0.1, -0.05) is 42.5 Å². The SMILES string of the molecule is CNc1ccc(CNC(=O)[C@@H]2CCCN2C(=O)[C@H](N)Cc2ccccc2)cc1. The van der Waals surface area contributed by atoms with E-state index < -0.39 is 12.1 Å². The number of anilines is 1. The first-order chi connectivity index (χ1) is 13.6. The molecule has 2 aromatic rings. The summed E-state index contributed by atoms with van der Waals surface area (Å²) >= 11 is 0. The number of hydrogen-bond acceptors (Lipinski definition) is 4. The molecule has 0 radical (unpaired) electrons. The molecule has 4 N–H and O–H groups in total. The number of carbonyl (C=O) groups is 2. The molecule has 28 heavy (non-hydrogen) atoms. The van der Waals surface area contributed by atoms with Gasteiger partial charge in [-0.2, -0.15) is 0 Å². The molecule has 6 heteroatoms. The molecular formula is C22H28N4O2. The number of amides is 2. The Labute approximate surface area is 166 Å². The second-order valence-electron chi connectivity index (χ2n) is 7.15. The number of rotatable bonds is 7. The van der Waals surface area contributed by atoms with Crippen LogP contribution in [0.15, 0.2) is 54.6 Å². The second kappa shape index (κ2) is 9.37. The number of hydrogen-bond donors (Lipinski definition) is 3. The lowest BCUT2D eigenvalue weighted by molar-refractivity contribution is -0.139. The highest BCUT2D eigenvalue weighted by Crippen LogP contribution is 2.19. The van der Waals surface area contributed by atoms with E-state index in [0.717, 1.165) is 23.2 Å². The van der Waals surface area contributed by atoms with Crippen molar-refractivity contribution >= 4 is 17.5 Å². The largest absolute Gasteiger partial charge is 0.388 e. The lowest BCUT2D eigenvalue weighted by Gasteiger charge is -2.26. The third-order valence-corrected chi connectivity index (χ3v) is 5.16. The highest BCUT2D eigenvalue weighted by molar-refractivity contribution is 5.90. The zero-order valence-electron chi connectivity index (χ0n) is 16.2. The Hall–Kier alpha value is -2.86. The van der Waals surface area contributed by atoms with E-state index in [1.54, 1.807) is 4.90 Å². The Morgan fingerprint density at radius 3 is 2.50 bits per heavy atom. The Bertz CT molecular complexity index is 792. The minimum absolute atomic E-state index is 0.115. The molecule has 6 nitrogen and oxygen atoms in total. The van der Waals surface area contributed by atoms with Gasteiger partial charge in [-0.05, 0) is 42.5 Å². The minimum Gasteiger partial charge on any atom is -0.388 e. The Kier molecular flexibility index (Phi) is 6.66. The summed E-state index contributed by atoms with van der Waals surface area (Å²) in [6.45, 7) is 1.02. The van der Waals surface area contributed by atoms with Gasteiger partial charge in [0.25, 0.3) is 0 Å². The predicted octanol–water partition coefficient (Wildman–Crippen LogP) is 1.91. The first kappa shape index (κ1) is 19.9. The maximum Gasteiger partial charge on any atom is 0.243 e. The summed E-state index contributed by atoms with van der Waals surface area (Å²) in [6.07, 6.45) is 1.97. The average Bonchev–Trinajstić information content (AvgIpc) is 3.22. The quantitative estimate of drug-likeness (QED) is 0.685. The number of nitrogens with two attached hydrogens (primary N) is 1. The summed E-state index contributed by atoms with van der Waals surface area (Å²) in [5.41, 5.74) is 9.22. The van der Waals surface area contributed by atoms with Gasteiger partial charge in [0.05, 0.1) is 6.04 Å². The summed E-state index contributed by atoms with van der Waals surface area (Å²) in [7, 11) is 1.87. The summed E-state index contributed by atoms with van der Waals surface area (Å²) in [5, 5.41) is 6.02. The van der Waals surface area contributed by atoms with E-state index in [9.17, 15) is 9.59 Å². The fourth-order valence-corrected chi connectivity index (χ4v) is 3.57. The molecule has 0 aromatic heterocycles. The Balaban J connectivity index is 1.56. The van der Waals surface area contributed by atoms with Crippen molar-refractivity contribution in [3.8, 4) is 0 Å². The normalized spacial score (nSPS) is 17.2. The molecular weight excluding hydrogens is 352 g/mol. The van der Waals surface area contributed by atoms with E-state index in [4.69, 9.17) is 5.73 Å². The summed E-state index contributed by atoms with van der Waals surface area (Å²) in [6, 6.07) is 16.5. The van der Waals surface area contributed by atoms with Crippen molar-refractivity contribution in [2.45, 2.75) is 37.9 Å². The molecule has 2 amide bonds. The van der Waals surface area contributed by atoms with Crippen molar-refractivity contribution in [1.82, 2.24) is 10.2 Å². The second-order valence-corrected chi connectivity index (χ2v) is 7.15. The van der Waals surface area contributed by atoms with E-state index in [-0.39, 0.29) is 11.8 Å². The molecule has 0 unspecified atom stereocenters. The van der Waals surface area contributed by atoms with Crippen molar-refractivity contribution in [3.05, 3.63) is 65.7 Å². The van der Waals surface area contributed by atoms with Crippen LogP contribution in [0.1, 0.15) is 24.0 Å². The van der Waals surface area contributed by atoms with E-state index in [0.29, 0.717) is 25.9 Å². The summed E-state index contributed by atoms with van der Waals surface area (Å²) < 4.78 is 0. The molecule has 1 aliphatic rings. The molecule has 1 heterocycles. The Morgan fingerprint density at radius 2 is 1.82 bits per heavy atom. The van der Waals surface area contributed by atoms with E-state index in [1.165, 1.54) is 0 Å². The van der Waals surface area contributed by atoms with Crippen molar-refractivity contribution < 1.29 is 9.59 Å². The van der Waals surface area contributed by atoms with E-state index in [2.05, 4.69) is 10.6 Å². The third-order valence-electron chi connectivity index (χ3n) is 5.16. The predicted molar refractivity (Wildman–Crippen MR) is 111 cm³/mol. The van der Waals surface area contributed by atoms with Crippen LogP contribution in [0.5, 0.6) is 0 Å². The third kappa shape index (κ3) is 4.89. The molecule has 0 saturated carbocycles. The van der Waals surface area contributed by atoms with Crippen LogP contribution in [-0.2, 0) is 22.6 Å². The summed E-state index contributed by atoms with van der Waals surface area (Å²) in [4.78, 5) is 27.1. The molecule has 1 fully saturated rings. The lowest BCUT2D eigenvalue weighted by Crippen LogP contribution is -2.51. The van der Waals surface area contributed by atoms with Gasteiger partial charge < -0.3 is 21.3 Å². The highest BCUT2D eigenvalue weighted by atomic mass is 16.2. The molecule has 3 rings (SSSR count). The van der Waals surface area contributed by atoms with Crippen LogP contribution in [0.25, 0.3) is 0 Å². The minimum atomic E-state index is -0.634. The zero-order valence-corrected chi connectivity index (χ0v) is 16.2. The molecule has 0 spiro atoms. The first-order valence-electron chi connectivity index (χ1n) is 9.73. The molecule has 0 bridgehead atoms. The maximum atomic E-state index is 12.8. The molecule has 2 atom stereocenters. The van der Waals surface area contributed by atoms with E-state index >= 15 is 0 Å². The van der Waals surface area contributed by atoms with Crippen molar-refractivity contribution in [2.24, 2.45) is 5.73 Å². The molecule has 1 aliphatic heterocycles. The first-order valence-corrected chi connectivity index (χ1v) is 9.73. The Morgan fingerprint density at radius 1 is 1.11 bits per heavy atom. The van der Waals surface area contributed by atoms with Gasteiger partial charge in [-0.3, -0.25) is 9.59 Å². The van der Waals surface area contributed by atoms with Gasteiger partial charge in [0, 0.05) is 25.8 Å². The van der Waals surface area contributed by atoms with Crippen LogP contribution in [0.2, 0.25) is 0 Å². The smallest absolute Gasteiger partial charge is 0.243 e. The number of benzene rings is 2. The van der Waals surface area contributed by atoms with Gasteiger partial charge in [0.2, 0.25) is 11.8 Å². The van der Waals surface area contributed by atoms with Crippen molar-refractivity contribution in [2.75, 3.05) is 18.9 Å². The highest BCUT2D eigenvalue weighted by Gasteiger charge is 2.35. The number of nitrogens with one attached hydrogen (secondary N) is 2. The van der Waals surface area contributed by atoms with Crippen LogP contribution in [0, 0.1) is 0 Å². The van der Waals surface area contributed by atoms with Crippen LogP contribution < -0.4 is 16.4 Å². The molecule has 148 valence electrons. The lowest BCUT2D eigenvalue weighted by atomic mass is 10.1. The van der Waals surface area contributed by atoms with Crippen LogP contribution in [-0.4, -0.2) is 42.4 Å². The van der Waals surface area contributed by atoms with Gasteiger partial charge in [0.15, 0.2) is 0 Å². The van der Waals surface area contributed by atoms with Crippen LogP contribution in [0.3, 0.4) is 0 Å². The van der Waals surface area contributed by atoms with Crippen LogP contribution in [0.4, 0.5) is 5.69 Å². The average molecular weight is 380 g/mol. The topological polar surface area (TPSA) is 87.5 Å². The monoisotopic (exact) mass is 380 g/mol. The van der Waals surface area contributed by atoms with Gasteiger partial charge in [-0.25, -0.2) is 0 Å². The number of likely N-dealkylation sites (tertiary alicyclic amines) is 1. The van der Waals surface area contributed by atoms with E-state index in [1.807, 2.05) is 61.6 Å². The standard InChI is InChI=1S/C22H28N4O2/c1-24-18-11-9-17(10-12-18)15-25-21(27)20-8-5-13-26(20)22(28)19(23)14-16-6-3-2-4-7-16/h2-4,6-7,9-12,19-20,24H,5,8,13-15,23H2,1H3,(H,25,27)/t19-,20+/m1/s1. The molecule has 2 aromatic carbocycles. The van der Waals surface area contributed by atoms with Gasteiger partial charge >= 0.3 is 0 Å². The van der Waals surface area contributed by atoms with Gasteiger partial charge in [0.1, 0.15) is 6.04 Å². The van der Waals surface area contributed by atoms with Crippen molar-refractivity contribution in [1.29, 1.82) is 0 Å². The maximum absolute atomic E-state index is 12.8. The zero-order chi connectivity index (χ0) is 19.9. The fourth-order valence-electron chi connectivity index (χ4n) is 3.57. The summed E-state index contributed by atoms with van der Waals surface area (Å²) in [5.74, 6) is -0.268.